The summed E-state index contributed by atoms with van der Waals surface area (Å²) in [5, 5.41) is 9.65. The highest BCUT2D eigenvalue weighted by atomic mass is 32.1. The van der Waals surface area contributed by atoms with E-state index in [1.54, 1.807) is 0 Å². The van der Waals surface area contributed by atoms with Crippen molar-refractivity contribution in [2.75, 3.05) is 0 Å². The first-order chi connectivity index (χ1) is 3.13. The molecule has 0 saturated carbocycles. The van der Waals surface area contributed by atoms with Crippen LogP contribution in [0.5, 0.6) is 0 Å². The topological polar surface area (TPSA) is 49.3 Å². The zero-order chi connectivity index (χ0) is 5.86. The zero-order valence-corrected chi connectivity index (χ0v) is 4.92. The summed E-state index contributed by atoms with van der Waals surface area (Å²) in [6.07, 6.45) is -1.18. The Hall–Kier alpha value is -0.290. The molecule has 0 aromatic carbocycles. The van der Waals surface area contributed by atoms with Gasteiger partial charge in [0.15, 0.2) is 0 Å². The van der Waals surface area contributed by atoms with E-state index in [-0.39, 0.29) is 4.32 Å². The molecular weight excluding hydrogens is 134 g/mol. The lowest BCUT2D eigenvalue weighted by atomic mass is 11.1. The predicted octanol–water partition coefficient (Wildman–Crippen LogP) is 0.469. The average molecular weight is 137 g/mol. The van der Waals surface area contributed by atoms with Crippen LogP contribution in [0.3, 0.4) is 0 Å². The highest BCUT2D eigenvalue weighted by Gasteiger charge is 1.91. The molecule has 0 heterocycles. The lowest BCUT2D eigenvalue weighted by molar-refractivity contribution is 0.200. The normalized spacial score (nSPS) is 7.57. The molecule has 1 amide bonds. The smallest absolute Gasteiger partial charge is 0.410 e. The number of thiol groups is 1. The molecule has 0 saturated heterocycles. The molecule has 40 valence electrons. The molecule has 0 aliphatic carbocycles. The van der Waals surface area contributed by atoms with Gasteiger partial charge in [0.2, 0.25) is 0 Å². The van der Waals surface area contributed by atoms with Gasteiger partial charge in [-0.3, -0.25) is 5.32 Å². The second kappa shape index (κ2) is 2.81. The van der Waals surface area contributed by atoms with Crippen molar-refractivity contribution in [3.05, 3.63) is 0 Å². The number of carbonyl (C=O) groups is 1. The summed E-state index contributed by atoms with van der Waals surface area (Å²) in [5.74, 6) is 0. The van der Waals surface area contributed by atoms with Gasteiger partial charge in [0, 0.05) is 0 Å². The molecule has 0 unspecified atom stereocenters. The number of hydrogen-bond acceptors (Lipinski definition) is 2. The summed E-state index contributed by atoms with van der Waals surface area (Å²) in [6.45, 7) is 0. The molecule has 0 aromatic rings. The molecule has 0 bridgehead atoms. The molecule has 0 atom stereocenters. The zero-order valence-electron chi connectivity index (χ0n) is 3.21. The highest BCUT2D eigenvalue weighted by Crippen LogP contribution is 1.74. The van der Waals surface area contributed by atoms with Gasteiger partial charge in [-0.05, 0) is 0 Å². The third kappa shape index (κ3) is 5.71. The fourth-order valence-electron chi connectivity index (χ4n) is 0.0915. The van der Waals surface area contributed by atoms with Gasteiger partial charge in [0.05, 0.1) is 0 Å². The minimum Gasteiger partial charge on any atom is -0.465 e. The van der Waals surface area contributed by atoms with E-state index in [1.807, 2.05) is 5.32 Å². The van der Waals surface area contributed by atoms with Gasteiger partial charge in [-0.15, -0.1) is 12.6 Å². The first-order valence-corrected chi connectivity index (χ1v) is 2.21. The van der Waals surface area contributed by atoms with Crippen LogP contribution in [0, 0.1) is 0 Å². The Labute approximate surface area is 51.1 Å². The molecule has 0 aromatic heterocycles. The number of nitrogens with one attached hydrogen (secondary N) is 1. The van der Waals surface area contributed by atoms with E-state index in [1.165, 1.54) is 0 Å². The Morgan fingerprint density at radius 3 is 2.29 bits per heavy atom. The lowest BCUT2D eigenvalue weighted by Gasteiger charge is -1.89. The van der Waals surface area contributed by atoms with Gasteiger partial charge in [-0.1, -0.05) is 12.2 Å². The standard InChI is InChI=1S/C2H3NO2S2/c4-1(5)3-2(6)7/h(H,4,5)(H2,3,6,7). The molecule has 7 heavy (non-hydrogen) atoms. The molecule has 0 spiro atoms. The first kappa shape index (κ1) is 6.71. The van der Waals surface area contributed by atoms with E-state index >= 15 is 0 Å². The summed E-state index contributed by atoms with van der Waals surface area (Å²) in [4.78, 5) is 9.56. The summed E-state index contributed by atoms with van der Waals surface area (Å²) >= 11 is 7.72. The molecular formula is C2H3NO2S2. The molecule has 0 fully saturated rings. The van der Waals surface area contributed by atoms with Crippen LogP contribution in [0.15, 0.2) is 0 Å². The molecule has 3 nitrogen and oxygen atoms in total. The SMILES string of the molecule is O=C(O)NC(=S)S. The van der Waals surface area contributed by atoms with Crippen molar-refractivity contribution in [3.8, 4) is 0 Å². The van der Waals surface area contributed by atoms with Crippen molar-refractivity contribution >= 4 is 35.3 Å². The quantitative estimate of drug-likeness (QED) is 0.336. The fraction of sp³-hybridized carbons (Fsp3) is 0. The van der Waals surface area contributed by atoms with Crippen LogP contribution in [-0.2, 0) is 0 Å². The number of hydrogen-bond donors (Lipinski definition) is 3. The van der Waals surface area contributed by atoms with E-state index in [0.29, 0.717) is 0 Å². The first-order valence-electron chi connectivity index (χ1n) is 1.36. The van der Waals surface area contributed by atoms with E-state index in [2.05, 4.69) is 24.8 Å². The average Bonchev–Trinajstić information content (AvgIpc) is 1.27. The Morgan fingerprint density at radius 2 is 2.29 bits per heavy atom. The maximum Gasteiger partial charge on any atom is 0.410 e. The molecule has 0 aliphatic heterocycles. The van der Waals surface area contributed by atoms with Crippen molar-refractivity contribution in [1.29, 1.82) is 0 Å². The van der Waals surface area contributed by atoms with Crippen molar-refractivity contribution in [3.63, 3.8) is 0 Å². The van der Waals surface area contributed by atoms with Crippen molar-refractivity contribution in [2.24, 2.45) is 0 Å². The van der Waals surface area contributed by atoms with Gasteiger partial charge in [-0.25, -0.2) is 4.79 Å². The second-order valence-corrected chi connectivity index (χ2v) is 1.89. The predicted molar refractivity (Wildman–Crippen MR) is 32.7 cm³/mol. The van der Waals surface area contributed by atoms with Gasteiger partial charge in [0.25, 0.3) is 0 Å². The minimum absolute atomic E-state index is 0.0347. The van der Waals surface area contributed by atoms with Gasteiger partial charge < -0.3 is 5.11 Å². The summed E-state index contributed by atoms with van der Waals surface area (Å²) in [6, 6.07) is 0. The number of amides is 1. The number of rotatable bonds is 0. The Morgan fingerprint density at radius 1 is 1.86 bits per heavy atom. The van der Waals surface area contributed by atoms with E-state index in [4.69, 9.17) is 5.11 Å². The molecule has 5 heteroatoms. The maximum atomic E-state index is 9.56. The van der Waals surface area contributed by atoms with Crippen LogP contribution in [0.2, 0.25) is 0 Å². The van der Waals surface area contributed by atoms with Crippen LogP contribution < -0.4 is 5.32 Å². The Bertz CT molecular complexity index is 89.9. The van der Waals surface area contributed by atoms with Crippen LogP contribution in [-0.4, -0.2) is 15.5 Å². The van der Waals surface area contributed by atoms with E-state index in [9.17, 15) is 4.79 Å². The minimum atomic E-state index is -1.18. The van der Waals surface area contributed by atoms with Crippen molar-refractivity contribution in [1.82, 2.24) is 5.32 Å². The maximum absolute atomic E-state index is 9.56. The number of carboxylic acid groups (broad SMARTS) is 1. The van der Waals surface area contributed by atoms with Crippen molar-refractivity contribution < 1.29 is 9.90 Å². The molecule has 0 radical (unpaired) electrons. The van der Waals surface area contributed by atoms with Gasteiger partial charge in [-0.2, -0.15) is 0 Å². The van der Waals surface area contributed by atoms with E-state index < -0.39 is 6.09 Å². The fourth-order valence-corrected chi connectivity index (χ4v) is 0.274. The largest absolute Gasteiger partial charge is 0.465 e. The monoisotopic (exact) mass is 137 g/mol. The van der Waals surface area contributed by atoms with E-state index in [0.717, 1.165) is 0 Å². The Kier molecular flexibility index (Phi) is 2.70. The third-order valence-electron chi connectivity index (χ3n) is 0.214. The number of thiocarbonyl (C=S) groups is 1. The molecule has 2 N–H and O–H groups in total. The van der Waals surface area contributed by atoms with Gasteiger partial charge >= 0.3 is 6.09 Å². The Balaban J connectivity index is 3.32. The van der Waals surface area contributed by atoms with Crippen LogP contribution in [0.4, 0.5) is 4.79 Å². The van der Waals surface area contributed by atoms with Crippen molar-refractivity contribution in [2.45, 2.75) is 0 Å². The van der Waals surface area contributed by atoms with Crippen LogP contribution in [0.25, 0.3) is 0 Å². The summed E-state index contributed by atoms with van der Waals surface area (Å²) in [5.41, 5.74) is 0. The molecule has 0 rings (SSSR count). The van der Waals surface area contributed by atoms with Crippen LogP contribution in [0.1, 0.15) is 0 Å². The third-order valence-corrected chi connectivity index (χ3v) is 0.428. The lowest BCUT2D eigenvalue weighted by Crippen LogP contribution is -2.22. The summed E-state index contributed by atoms with van der Waals surface area (Å²) < 4.78 is -0.0347. The van der Waals surface area contributed by atoms with Crippen LogP contribution >= 0.6 is 24.8 Å². The summed E-state index contributed by atoms with van der Waals surface area (Å²) in [7, 11) is 0. The van der Waals surface area contributed by atoms with Gasteiger partial charge in [0.1, 0.15) is 4.32 Å². The highest BCUT2D eigenvalue weighted by molar-refractivity contribution is 8.11. The second-order valence-electron chi connectivity index (χ2n) is 0.735. The molecule has 0 aliphatic rings.